The summed E-state index contributed by atoms with van der Waals surface area (Å²) in [7, 11) is 0. The van der Waals surface area contributed by atoms with Crippen molar-refractivity contribution < 1.29 is 14.6 Å². The number of rotatable bonds is 5. The third-order valence-corrected chi connectivity index (χ3v) is 3.86. The highest BCUT2D eigenvalue weighted by molar-refractivity contribution is 6.32. The van der Waals surface area contributed by atoms with E-state index in [2.05, 4.69) is 0 Å². The van der Waals surface area contributed by atoms with E-state index in [9.17, 15) is 9.90 Å². The van der Waals surface area contributed by atoms with Crippen molar-refractivity contribution in [1.82, 2.24) is 0 Å². The Hall–Kier alpha value is -2.78. The van der Waals surface area contributed by atoms with Crippen LogP contribution in [0.4, 0.5) is 0 Å². The Balaban J connectivity index is 1.82. The van der Waals surface area contributed by atoms with Crippen molar-refractivity contribution in [1.29, 1.82) is 0 Å². The van der Waals surface area contributed by atoms with E-state index in [0.29, 0.717) is 17.9 Å². The molecule has 3 rings (SSSR count). The molecular formula is C20H15ClO3. The molecule has 0 heterocycles. The van der Waals surface area contributed by atoms with Crippen molar-refractivity contribution in [2.24, 2.45) is 0 Å². The number of carbonyl (C=O) groups is 1. The molecule has 3 aromatic rings. The second-order valence-electron chi connectivity index (χ2n) is 5.27. The third kappa shape index (κ3) is 3.58. The van der Waals surface area contributed by atoms with Crippen molar-refractivity contribution in [3.05, 3.63) is 94.5 Å². The fourth-order valence-electron chi connectivity index (χ4n) is 2.32. The molecule has 0 saturated carbocycles. The molecule has 4 heteroatoms. The molecule has 0 atom stereocenters. The van der Waals surface area contributed by atoms with E-state index in [-0.39, 0.29) is 22.1 Å². The summed E-state index contributed by atoms with van der Waals surface area (Å²) in [5.74, 6) is -0.108. The van der Waals surface area contributed by atoms with Crippen LogP contribution < -0.4 is 4.74 Å². The average molecular weight is 339 g/mol. The van der Waals surface area contributed by atoms with E-state index in [1.165, 1.54) is 12.1 Å². The molecule has 1 N–H and O–H groups in total. The minimum absolute atomic E-state index is 0.151. The number of phenols is 1. The molecule has 0 aliphatic carbocycles. The van der Waals surface area contributed by atoms with Crippen LogP contribution >= 0.6 is 11.6 Å². The van der Waals surface area contributed by atoms with E-state index in [1.54, 1.807) is 24.3 Å². The molecule has 0 amide bonds. The molecule has 0 bridgehead atoms. The van der Waals surface area contributed by atoms with Gasteiger partial charge in [-0.1, -0.05) is 72.3 Å². The van der Waals surface area contributed by atoms with Gasteiger partial charge in [0.2, 0.25) is 0 Å². The SMILES string of the molecule is O=C(c1ccccc1)c1cc(Cl)c(OCc2ccccc2)cc1O. The number of carbonyl (C=O) groups excluding carboxylic acids is 1. The Labute approximate surface area is 145 Å². The number of phenolic OH excluding ortho intramolecular Hbond substituents is 1. The van der Waals surface area contributed by atoms with Crippen LogP contribution in [0.5, 0.6) is 11.5 Å². The fourth-order valence-corrected chi connectivity index (χ4v) is 2.53. The predicted molar refractivity (Wildman–Crippen MR) is 93.8 cm³/mol. The minimum Gasteiger partial charge on any atom is -0.507 e. The van der Waals surface area contributed by atoms with E-state index in [1.807, 2.05) is 36.4 Å². The summed E-state index contributed by atoms with van der Waals surface area (Å²) >= 11 is 6.21. The maximum absolute atomic E-state index is 12.5. The van der Waals surface area contributed by atoms with Gasteiger partial charge in [0.05, 0.1) is 10.6 Å². The van der Waals surface area contributed by atoms with Crippen LogP contribution in [0.15, 0.2) is 72.8 Å². The molecule has 3 nitrogen and oxygen atoms in total. The Morgan fingerprint density at radius 3 is 2.25 bits per heavy atom. The first-order valence-electron chi connectivity index (χ1n) is 7.44. The van der Waals surface area contributed by atoms with Crippen molar-refractivity contribution in [3.63, 3.8) is 0 Å². The van der Waals surface area contributed by atoms with Crippen LogP contribution in [0.2, 0.25) is 5.02 Å². The summed E-state index contributed by atoms with van der Waals surface area (Å²) < 4.78 is 5.64. The Morgan fingerprint density at radius 2 is 1.58 bits per heavy atom. The van der Waals surface area contributed by atoms with Gasteiger partial charge in [0.15, 0.2) is 5.78 Å². The average Bonchev–Trinajstić information content (AvgIpc) is 2.63. The van der Waals surface area contributed by atoms with Gasteiger partial charge < -0.3 is 9.84 Å². The van der Waals surface area contributed by atoms with Crippen LogP contribution in [0.25, 0.3) is 0 Å². The van der Waals surface area contributed by atoms with Gasteiger partial charge in [-0.15, -0.1) is 0 Å². The predicted octanol–water partition coefficient (Wildman–Crippen LogP) is 4.86. The second kappa shape index (κ2) is 7.20. The van der Waals surface area contributed by atoms with Gasteiger partial charge in [0.1, 0.15) is 18.1 Å². The molecule has 0 aliphatic heterocycles. The van der Waals surface area contributed by atoms with Gasteiger partial charge >= 0.3 is 0 Å². The Bertz CT molecular complexity index is 846. The number of ketones is 1. The molecule has 0 unspecified atom stereocenters. The zero-order valence-electron chi connectivity index (χ0n) is 12.8. The van der Waals surface area contributed by atoms with Crippen LogP contribution in [0.1, 0.15) is 21.5 Å². The van der Waals surface area contributed by atoms with Crippen LogP contribution in [0.3, 0.4) is 0 Å². The third-order valence-electron chi connectivity index (χ3n) is 3.57. The minimum atomic E-state index is -0.287. The highest BCUT2D eigenvalue weighted by Crippen LogP contribution is 2.33. The van der Waals surface area contributed by atoms with E-state index in [4.69, 9.17) is 16.3 Å². The zero-order valence-corrected chi connectivity index (χ0v) is 13.5. The van der Waals surface area contributed by atoms with Crippen LogP contribution in [-0.2, 0) is 6.61 Å². The standard InChI is InChI=1S/C20H15ClO3/c21-17-11-16(20(23)15-9-5-2-6-10-15)18(22)12-19(17)24-13-14-7-3-1-4-8-14/h1-12,22H,13H2. The maximum atomic E-state index is 12.5. The topological polar surface area (TPSA) is 46.5 Å². The van der Waals surface area contributed by atoms with Crippen molar-refractivity contribution >= 4 is 17.4 Å². The van der Waals surface area contributed by atoms with Gasteiger partial charge in [-0.05, 0) is 11.6 Å². The summed E-state index contributed by atoms with van der Waals surface area (Å²) in [5, 5.41) is 10.5. The summed E-state index contributed by atoms with van der Waals surface area (Å²) in [4.78, 5) is 12.5. The molecular weight excluding hydrogens is 324 g/mol. The number of hydrogen-bond acceptors (Lipinski definition) is 3. The van der Waals surface area contributed by atoms with E-state index < -0.39 is 0 Å². The smallest absolute Gasteiger partial charge is 0.196 e. The molecule has 0 saturated heterocycles. The number of ether oxygens (including phenoxy) is 1. The Kier molecular flexibility index (Phi) is 4.82. The largest absolute Gasteiger partial charge is 0.507 e. The first kappa shape index (κ1) is 16.1. The number of hydrogen-bond donors (Lipinski definition) is 1. The molecule has 3 aromatic carbocycles. The molecule has 0 fully saturated rings. The van der Waals surface area contributed by atoms with Crippen molar-refractivity contribution in [2.45, 2.75) is 6.61 Å². The van der Waals surface area contributed by atoms with Gasteiger partial charge in [0.25, 0.3) is 0 Å². The highest BCUT2D eigenvalue weighted by Gasteiger charge is 2.17. The molecule has 120 valence electrons. The van der Waals surface area contributed by atoms with E-state index >= 15 is 0 Å². The number of benzene rings is 3. The first-order chi connectivity index (χ1) is 11.6. The molecule has 0 aliphatic rings. The fraction of sp³-hybridized carbons (Fsp3) is 0.0500. The molecule has 0 aromatic heterocycles. The zero-order chi connectivity index (χ0) is 16.9. The van der Waals surface area contributed by atoms with Gasteiger partial charge in [-0.2, -0.15) is 0 Å². The normalized spacial score (nSPS) is 10.4. The van der Waals surface area contributed by atoms with Crippen LogP contribution in [-0.4, -0.2) is 10.9 Å². The number of aromatic hydroxyl groups is 1. The monoisotopic (exact) mass is 338 g/mol. The quantitative estimate of drug-likeness (QED) is 0.676. The summed E-state index contributed by atoms with van der Waals surface area (Å²) in [5.41, 5.74) is 1.62. The maximum Gasteiger partial charge on any atom is 0.196 e. The van der Waals surface area contributed by atoms with Gasteiger partial charge in [-0.3, -0.25) is 4.79 Å². The first-order valence-corrected chi connectivity index (χ1v) is 7.82. The second-order valence-corrected chi connectivity index (χ2v) is 5.68. The molecule has 0 radical (unpaired) electrons. The van der Waals surface area contributed by atoms with Crippen molar-refractivity contribution in [2.75, 3.05) is 0 Å². The lowest BCUT2D eigenvalue weighted by Crippen LogP contribution is -2.03. The summed E-state index contributed by atoms with van der Waals surface area (Å²) in [6.07, 6.45) is 0. The Morgan fingerprint density at radius 1 is 0.958 bits per heavy atom. The van der Waals surface area contributed by atoms with Gasteiger partial charge in [0, 0.05) is 11.6 Å². The summed E-state index contributed by atoms with van der Waals surface area (Å²) in [6, 6.07) is 21.2. The molecule has 0 spiro atoms. The lowest BCUT2D eigenvalue weighted by molar-refractivity contribution is 0.103. The van der Waals surface area contributed by atoms with E-state index in [0.717, 1.165) is 5.56 Å². The lowest BCUT2D eigenvalue weighted by atomic mass is 10.0. The summed E-state index contributed by atoms with van der Waals surface area (Å²) in [6.45, 7) is 0.325. The lowest BCUT2D eigenvalue weighted by Gasteiger charge is -2.11. The highest BCUT2D eigenvalue weighted by atomic mass is 35.5. The number of halogens is 1. The van der Waals surface area contributed by atoms with Crippen molar-refractivity contribution in [3.8, 4) is 11.5 Å². The van der Waals surface area contributed by atoms with Gasteiger partial charge in [-0.25, -0.2) is 0 Å². The van der Waals surface area contributed by atoms with Crippen LogP contribution in [0, 0.1) is 0 Å². The molecule has 24 heavy (non-hydrogen) atoms.